The van der Waals surface area contributed by atoms with Crippen LogP contribution in [0, 0.1) is 10.1 Å². The first-order chi connectivity index (χ1) is 8.63. The molecule has 0 bridgehead atoms. The SMILES string of the molecule is O=[N+]([O-])c1cc(Br)cc(C2CN3CCSC3=N2)c1. The lowest BCUT2D eigenvalue weighted by Gasteiger charge is -2.12. The van der Waals surface area contributed by atoms with Gasteiger partial charge in [0.1, 0.15) is 0 Å². The van der Waals surface area contributed by atoms with Gasteiger partial charge in [0, 0.05) is 35.4 Å². The molecule has 1 saturated heterocycles. The molecule has 1 atom stereocenters. The minimum absolute atomic E-state index is 0.0176. The topological polar surface area (TPSA) is 58.7 Å². The Kier molecular flexibility index (Phi) is 3.03. The van der Waals surface area contributed by atoms with Gasteiger partial charge in [-0.25, -0.2) is 0 Å². The van der Waals surface area contributed by atoms with E-state index in [0.717, 1.165) is 34.0 Å². The van der Waals surface area contributed by atoms with Crippen molar-refractivity contribution in [2.75, 3.05) is 18.8 Å². The van der Waals surface area contributed by atoms with Gasteiger partial charge in [0.05, 0.1) is 11.0 Å². The molecule has 3 rings (SSSR count). The molecule has 18 heavy (non-hydrogen) atoms. The monoisotopic (exact) mass is 327 g/mol. The summed E-state index contributed by atoms with van der Waals surface area (Å²) in [5.41, 5.74) is 1.01. The minimum atomic E-state index is -0.369. The van der Waals surface area contributed by atoms with Crippen molar-refractivity contribution < 1.29 is 4.92 Å². The molecule has 5 nitrogen and oxygen atoms in total. The highest BCUT2D eigenvalue weighted by Crippen LogP contribution is 2.34. The lowest BCUT2D eigenvalue weighted by molar-refractivity contribution is -0.385. The van der Waals surface area contributed by atoms with E-state index in [1.54, 1.807) is 17.8 Å². The molecule has 1 aromatic rings. The zero-order valence-corrected chi connectivity index (χ0v) is 11.8. The number of fused-ring (bicyclic) bond motifs is 1. The van der Waals surface area contributed by atoms with Gasteiger partial charge < -0.3 is 4.90 Å². The Hall–Kier alpha value is -1.08. The Morgan fingerprint density at radius 3 is 3.06 bits per heavy atom. The predicted octanol–water partition coefficient (Wildman–Crippen LogP) is 2.82. The molecule has 0 saturated carbocycles. The highest BCUT2D eigenvalue weighted by atomic mass is 79.9. The number of hydrogen-bond acceptors (Lipinski definition) is 5. The highest BCUT2D eigenvalue weighted by Gasteiger charge is 2.30. The van der Waals surface area contributed by atoms with Crippen molar-refractivity contribution in [1.82, 2.24) is 4.90 Å². The summed E-state index contributed by atoms with van der Waals surface area (Å²) in [4.78, 5) is 17.3. The van der Waals surface area contributed by atoms with Crippen molar-refractivity contribution in [3.8, 4) is 0 Å². The van der Waals surface area contributed by atoms with Gasteiger partial charge in [-0.2, -0.15) is 0 Å². The number of nitrogens with zero attached hydrogens (tertiary/aromatic N) is 3. The fraction of sp³-hybridized carbons (Fsp3) is 0.364. The van der Waals surface area contributed by atoms with E-state index in [-0.39, 0.29) is 16.7 Å². The second-order valence-electron chi connectivity index (χ2n) is 4.22. The van der Waals surface area contributed by atoms with E-state index in [1.165, 1.54) is 6.07 Å². The molecule has 94 valence electrons. The van der Waals surface area contributed by atoms with E-state index in [9.17, 15) is 10.1 Å². The van der Waals surface area contributed by atoms with Crippen LogP contribution in [-0.4, -0.2) is 33.8 Å². The number of thioether (sulfide) groups is 1. The van der Waals surface area contributed by atoms with E-state index < -0.39 is 0 Å². The first kappa shape index (κ1) is 12.0. The summed E-state index contributed by atoms with van der Waals surface area (Å²) in [5.74, 6) is 1.09. The molecular formula is C11H10BrN3O2S. The van der Waals surface area contributed by atoms with Crippen LogP contribution in [-0.2, 0) is 0 Å². The molecule has 1 unspecified atom stereocenters. The van der Waals surface area contributed by atoms with Crippen LogP contribution in [0.25, 0.3) is 0 Å². The summed E-state index contributed by atoms with van der Waals surface area (Å²) >= 11 is 5.07. The second-order valence-corrected chi connectivity index (χ2v) is 6.20. The van der Waals surface area contributed by atoms with Crippen molar-refractivity contribution in [1.29, 1.82) is 0 Å². The fourth-order valence-corrected chi connectivity index (χ4v) is 3.72. The van der Waals surface area contributed by atoms with Crippen molar-refractivity contribution in [2.24, 2.45) is 4.99 Å². The molecule has 7 heteroatoms. The average molecular weight is 328 g/mol. The standard InChI is InChI=1S/C11H10BrN3O2S/c12-8-3-7(4-9(5-8)15(16)17)10-6-14-1-2-18-11(14)13-10/h3-5,10H,1-2,6H2. The van der Waals surface area contributed by atoms with Crippen LogP contribution in [0.5, 0.6) is 0 Å². The lowest BCUT2D eigenvalue weighted by Crippen LogP contribution is -2.21. The maximum atomic E-state index is 10.9. The summed E-state index contributed by atoms with van der Waals surface area (Å²) in [6.45, 7) is 1.85. The van der Waals surface area contributed by atoms with Gasteiger partial charge in [0.15, 0.2) is 5.17 Å². The molecule has 0 N–H and O–H groups in total. The third-order valence-corrected chi connectivity index (χ3v) is 4.49. The first-order valence-electron chi connectivity index (χ1n) is 5.54. The number of halogens is 1. The van der Waals surface area contributed by atoms with Gasteiger partial charge in [-0.3, -0.25) is 15.1 Å². The maximum absolute atomic E-state index is 10.9. The summed E-state index contributed by atoms with van der Waals surface area (Å²) in [5, 5.41) is 11.9. The molecular weight excluding hydrogens is 318 g/mol. The average Bonchev–Trinajstić information content (AvgIpc) is 2.87. The minimum Gasteiger partial charge on any atom is -0.348 e. The molecule has 2 aliphatic heterocycles. The largest absolute Gasteiger partial charge is 0.348 e. The van der Waals surface area contributed by atoms with Gasteiger partial charge in [-0.15, -0.1) is 0 Å². The Bertz CT molecular complexity index is 549. The Labute approximate surface area is 117 Å². The number of nitro benzene ring substituents is 1. The van der Waals surface area contributed by atoms with Gasteiger partial charge in [-0.1, -0.05) is 27.7 Å². The molecule has 1 fully saturated rings. The van der Waals surface area contributed by atoms with E-state index in [1.807, 2.05) is 6.07 Å². The normalized spacial score (nSPS) is 21.9. The summed E-state index contributed by atoms with van der Waals surface area (Å²) < 4.78 is 0.728. The van der Waals surface area contributed by atoms with E-state index >= 15 is 0 Å². The van der Waals surface area contributed by atoms with Gasteiger partial charge >= 0.3 is 0 Å². The smallest absolute Gasteiger partial charge is 0.270 e. The van der Waals surface area contributed by atoms with E-state index in [4.69, 9.17) is 0 Å². The summed E-state index contributed by atoms with van der Waals surface area (Å²) in [6, 6.07) is 5.06. The zero-order valence-electron chi connectivity index (χ0n) is 9.38. The number of nitro groups is 1. The summed E-state index contributed by atoms with van der Waals surface area (Å²) in [7, 11) is 0. The van der Waals surface area contributed by atoms with Crippen LogP contribution >= 0.6 is 27.7 Å². The van der Waals surface area contributed by atoms with Crippen LogP contribution < -0.4 is 0 Å². The van der Waals surface area contributed by atoms with Crippen LogP contribution in [0.4, 0.5) is 5.69 Å². The van der Waals surface area contributed by atoms with Crippen LogP contribution in [0.3, 0.4) is 0 Å². The molecule has 0 spiro atoms. The molecule has 0 aromatic heterocycles. The number of aliphatic imine (C=N–C) groups is 1. The molecule has 2 heterocycles. The Balaban J connectivity index is 1.93. The molecule has 0 radical (unpaired) electrons. The number of rotatable bonds is 2. The highest BCUT2D eigenvalue weighted by molar-refractivity contribution is 9.10. The number of benzene rings is 1. The van der Waals surface area contributed by atoms with Gasteiger partial charge in [-0.05, 0) is 11.6 Å². The van der Waals surface area contributed by atoms with Gasteiger partial charge in [0.2, 0.25) is 0 Å². The maximum Gasteiger partial charge on any atom is 0.270 e. The van der Waals surface area contributed by atoms with E-state index in [0.29, 0.717) is 0 Å². The molecule has 0 aliphatic carbocycles. The fourth-order valence-electron chi connectivity index (χ4n) is 2.18. The van der Waals surface area contributed by atoms with Crippen molar-refractivity contribution in [2.45, 2.75) is 6.04 Å². The van der Waals surface area contributed by atoms with Crippen molar-refractivity contribution >= 4 is 38.5 Å². The van der Waals surface area contributed by atoms with Crippen LogP contribution in [0.15, 0.2) is 27.7 Å². The number of non-ortho nitro benzene ring substituents is 1. The second kappa shape index (κ2) is 4.55. The summed E-state index contributed by atoms with van der Waals surface area (Å²) in [6.07, 6.45) is 0. The Morgan fingerprint density at radius 1 is 1.50 bits per heavy atom. The molecule has 0 amide bonds. The first-order valence-corrected chi connectivity index (χ1v) is 7.32. The van der Waals surface area contributed by atoms with Crippen molar-refractivity contribution in [3.63, 3.8) is 0 Å². The predicted molar refractivity (Wildman–Crippen MR) is 75.0 cm³/mol. The third kappa shape index (κ3) is 2.12. The number of amidine groups is 1. The quantitative estimate of drug-likeness (QED) is 0.619. The van der Waals surface area contributed by atoms with Gasteiger partial charge in [0.25, 0.3) is 5.69 Å². The Morgan fingerprint density at radius 2 is 2.33 bits per heavy atom. The molecule has 2 aliphatic rings. The van der Waals surface area contributed by atoms with E-state index in [2.05, 4.69) is 25.8 Å². The van der Waals surface area contributed by atoms with Crippen LogP contribution in [0.1, 0.15) is 11.6 Å². The van der Waals surface area contributed by atoms with Crippen molar-refractivity contribution in [3.05, 3.63) is 38.3 Å². The number of hydrogen-bond donors (Lipinski definition) is 0. The zero-order chi connectivity index (χ0) is 12.7. The lowest BCUT2D eigenvalue weighted by atomic mass is 10.1. The third-order valence-electron chi connectivity index (χ3n) is 3.02. The molecule has 1 aromatic carbocycles. The van der Waals surface area contributed by atoms with Crippen LogP contribution in [0.2, 0.25) is 0 Å².